The molecular weight excluding hydrogens is 356 g/mol. The molecule has 2 aromatic heterocycles. The van der Waals surface area contributed by atoms with Crippen molar-refractivity contribution in [2.75, 3.05) is 24.5 Å². The third-order valence-electron chi connectivity index (χ3n) is 5.32. The molecule has 1 N–H and O–H groups in total. The molecule has 4 heterocycles. The van der Waals surface area contributed by atoms with Crippen LogP contribution in [-0.4, -0.2) is 57.3 Å². The summed E-state index contributed by atoms with van der Waals surface area (Å²) in [6.07, 6.45) is 5.08. The molecule has 2 aliphatic heterocycles. The number of pyridine rings is 1. The maximum Gasteiger partial charge on any atom is 0.219 e. The van der Waals surface area contributed by atoms with Crippen molar-refractivity contribution < 1.29 is 9.59 Å². The molecule has 0 spiro atoms. The molecular formula is C20H24N6O2. The number of anilines is 1. The minimum Gasteiger partial charge on any atom is -0.354 e. The number of carbonyl (C=O) groups excluding carboxylic acids is 2. The van der Waals surface area contributed by atoms with Crippen molar-refractivity contribution >= 4 is 17.6 Å². The van der Waals surface area contributed by atoms with Gasteiger partial charge in [0.05, 0.1) is 12.2 Å². The van der Waals surface area contributed by atoms with Gasteiger partial charge in [-0.05, 0) is 25.0 Å². The van der Waals surface area contributed by atoms with Gasteiger partial charge in [-0.3, -0.25) is 14.6 Å². The number of hydrogen-bond acceptors (Lipinski definition) is 6. The van der Waals surface area contributed by atoms with E-state index in [1.807, 2.05) is 17.0 Å². The molecule has 0 unspecified atom stereocenters. The smallest absolute Gasteiger partial charge is 0.219 e. The van der Waals surface area contributed by atoms with Crippen molar-refractivity contribution in [3.05, 3.63) is 35.8 Å². The van der Waals surface area contributed by atoms with E-state index in [1.165, 1.54) is 0 Å². The topological polar surface area (TPSA) is 91.3 Å². The van der Waals surface area contributed by atoms with Gasteiger partial charge in [0.1, 0.15) is 5.82 Å². The highest BCUT2D eigenvalue weighted by atomic mass is 16.2. The third-order valence-corrected chi connectivity index (χ3v) is 5.32. The van der Waals surface area contributed by atoms with Crippen LogP contribution < -0.4 is 10.2 Å². The van der Waals surface area contributed by atoms with Gasteiger partial charge in [-0.1, -0.05) is 0 Å². The lowest BCUT2D eigenvalue weighted by Gasteiger charge is -2.31. The van der Waals surface area contributed by atoms with Crippen LogP contribution in [0.1, 0.15) is 31.5 Å². The van der Waals surface area contributed by atoms with Gasteiger partial charge in [-0.15, -0.1) is 0 Å². The van der Waals surface area contributed by atoms with Crippen LogP contribution in [0.3, 0.4) is 0 Å². The maximum absolute atomic E-state index is 11.9. The summed E-state index contributed by atoms with van der Waals surface area (Å²) in [6.45, 7) is 5.88. The monoisotopic (exact) mass is 380 g/mol. The second-order valence-corrected chi connectivity index (χ2v) is 7.35. The first-order valence-corrected chi connectivity index (χ1v) is 9.59. The Balaban J connectivity index is 1.72. The minimum absolute atomic E-state index is 0.00820. The second-order valence-electron chi connectivity index (χ2n) is 7.35. The molecule has 4 rings (SSSR count). The minimum atomic E-state index is -0.00820. The Labute approximate surface area is 164 Å². The van der Waals surface area contributed by atoms with Gasteiger partial charge in [0.15, 0.2) is 5.82 Å². The lowest BCUT2D eigenvalue weighted by molar-refractivity contribution is -0.129. The fourth-order valence-electron chi connectivity index (χ4n) is 3.93. The molecule has 0 aromatic carbocycles. The van der Waals surface area contributed by atoms with Crippen molar-refractivity contribution in [1.82, 2.24) is 25.2 Å². The number of hydrogen-bond donors (Lipinski definition) is 1. The van der Waals surface area contributed by atoms with E-state index in [9.17, 15) is 9.59 Å². The number of nitrogens with one attached hydrogen (secondary N) is 1. The van der Waals surface area contributed by atoms with Crippen molar-refractivity contribution in [3.63, 3.8) is 0 Å². The summed E-state index contributed by atoms with van der Waals surface area (Å²) in [6, 6.07) is 3.91. The number of rotatable bonds is 3. The Morgan fingerprint density at radius 3 is 2.64 bits per heavy atom. The molecule has 2 amide bonds. The summed E-state index contributed by atoms with van der Waals surface area (Å²) >= 11 is 0. The normalized spacial score (nSPS) is 18.7. The molecule has 1 fully saturated rings. The molecule has 0 saturated carbocycles. The third kappa shape index (κ3) is 3.67. The van der Waals surface area contributed by atoms with Crippen molar-refractivity contribution in [2.45, 2.75) is 39.3 Å². The first kappa shape index (κ1) is 18.3. The van der Waals surface area contributed by atoms with Crippen molar-refractivity contribution in [2.24, 2.45) is 0 Å². The lowest BCUT2D eigenvalue weighted by Crippen LogP contribution is -2.38. The molecule has 0 aliphatic carbocycles. The van der Waals surface area contributed by atoms with Crippen LogP contribution in [0, 0.1) is 0 Å². The van der Waals surface area contributed by atoms with Crippen LogP contribution in [0.2, 0.25) is 0 Å². The number of amides is 2. The van der Waals surface area contributed by atoms with Gasteiger partial charge in [0.25, 0.3) is 0 Å². The van der Waals surface area contributed by atoms with Gasteiger partial charge >= 0.3 is 0 Å². The van der Waals surface area contributed by atoms with Crippen LogP contribution in [-0.2, 0) is 22.6 Å². The predicted octanol–water partition coefficient (Wildman–Crippen LogP) is 1.16. The van der Waals surface area contributed by atoms with Crippen LogP contribution in [0.4, 0.5) is 5.82 Å². The SMILES string of the molecule is CC(=O)N[C@@H]1CCN(c2nc(-c3ccncc3)nc3c2CCN(C(C)=O)C3)C1. The summed E-state index contributed by atoms with van der Waals surface area (Å²) in [7, 11) is 0. The van der Waals surface area contributed by atoms with Crippen LogP contribution >= 0.6 is 0 Å². The molecule has 8 nitrogen and oxygen atoms in total. The zero-order valence-electron chi connectivity index (χ0n) is 16.2. The highest BCUT2D eigenvalue weighted by Crippen LogP contribution is 2.31. The first-order chi connectivity index (χ1) is 13.5. The Hall–Kier alpha value is -3.03. The zero-order chi connectivity index (χ0) is 19.7. The number of aromatic nitrogens is 3. The van der Waals surface area contributed by atoms with E-state index >= 15 is 0 Å². The molecule has 2 aliphatic rings. The molecule has 2 aromatic rings. The van der Waals surface area contributed by atoms with Gasteiger partial charge in [0, 0.05) is 63.0 Å². The van der Waals surface area contributed by atoms with Gasteiger partial charge in [0.2, 0.25) is 11.8 Å². The highest BCUT2D eigenvalue weighted by Gasteiger charge is 2.30. The molecule has 1 saturated heterocycles. The van der Waals surface area contributed by atoms with Crippen LogP contribution in [0.25, 0.3) is 11.4 Å². The molecule has 0 bridgehead atoms. The molecule has 28 heavy (non-hydrogen) atoms. The highest BCUT2D eigenvalue weighted by molar-refractivity contribution is 5.74. The average Bonchev–Trinajstić information content (AvgIpc) is 3.14. The summed E-state index contributed by atoms with van der Waals surface area (Å²) in [5, 5.41) is 3.00. The Morgan fingerprint density at radius 2 is 1.93 bits per heavy atom. The van der Waals surface area contributed by atoms with Crippen LogP contribution in [0.5, 0.6) is 0 Å². The molecule has 8 heteroatoms. The van der Waals surface area contributed by atoms with E-state index in [1.54, 1.807) is 26.2 Å². The van der Waals surface area contributed by atoms with E-state index in [2.05, 4.69) is 15.2 Å². The van der Waals surface area contributed by atoms with Gasteiger partial charge < -0.3 is 15.1 Å². The van der Waals surface area contributed by atoms with E-state index in [0.717, 1.165) is 48.6 Å². The van der Waals surface area contributed by atoms with Crippen molar-refractivity contribution in [3.8, 4) is 11.4 Å². The largest absolute Gasteiger partial charge is 0.354 e. The summed E-state index contributed by atoms with van der Waals surface area (Å²) < 4.78 is 0. The quantitative estimate of drug-likeness (QED) is 0.859. The standard InChI is InChI=1S/C20H24N6O2/c1-13(27)22-16-5-9-26(11-16)20-17-6-10-25(14(2)28)12-18(17)23-19(24-20)15-3-7-21-8-4-15/h3-4,7-8,16H,5-6,9-12H2,1-2H3,(H,22,27)/t16-/m1/s1. The van der Waals surface area contributed by atoms with E-state index < -0.39 is 0 Å². The number of fused-ring (bicyclic) bond motifs is 1. The molecule has 1 atom stereocenters. The number of carbonyl (C=O) groups is 2. The predicted molar refractivity (Wildman–Crippen MR) is 104 cm³/mol. The van der Waals surface area contributed by atoms with Gasteiger partial charge in [-0.25, -0.2) is 9.97 Å². The van der Waals surface area contributed by atoms with E-state index in [4.69, 9.17) is 9.97 Å². The summed E-state index contributed by atoms with van der Waals surface area (Å²) in [5.41, 5.74) is 2.91. The fourth-order valence-corrected chi connectivity index (χ4v) is 3.93. The maximum atomic E-state index is 11.9. The fraction of sp³-hybridized carbons (Fsp3) is 0.450. The molecule has 146 valence electrons. The van der Waals surface area contributed by atoms with E-state index in [-0.39, 0.29) is 17.9 Å². The average molecular weight is 380 g/mol. The number of nitrogens with zero attached hydrogens (tertiary/aromatic N) is 5. The summed E-state index contributed by atoms with van der Waals surface area (Å²) in [4.78, 5) is 41.1. The lowest BCUT2D eigenvalue weighted by atomic mass is 10.0. The Kier molecular flexibility index (Phi) is 4.93. The Bertz CT molecular complexity index is 901. The molecule has 0 radical (unpaired) electrons. The Morgan fingerprint density at radius 1 is 1.14 bits per heavy atom. The van der Waals surface area contributed by atoms with Crippen molar-refractivity contribution in [1.29, 1.82) is 0 Å². The van der Waals surface area contributed by atoms with Crippen LogP contribution in [0.15, 0.2) is 24.5 Å². The second kappa shape index (κ2) is 7.53. The van der Waals surface area contributed by atoms with Gasteiger partial charge in [-0.2, -0.15) is 0 Å². The zero-order valence-corrected chi connectivity index (χ0v) is 16.2. The van der Waals surface area contributed by atoms with E-state index in [0.29, 0.717) is 18.9 Å². The first-order valence-electron chi connectivity index (χ1n) is 9.59. The summed E-state index contributed by atoms with van der Waals surface area (Å²) in [5.74, 6) is 1.62.